The minimum atomic E-state index is -0.0787. The molecule has 0 rings (SSSR count). The van der Waals surface area contributed by atoms with E-state index in [9.17, 15) is 4.79 Å². The third-order valence-corrected chi connectivity index (χ3v) is 1.77. The van der Waals surface area contributed by atoms with Crippen LogP contribution in [0.1, 0.15) is 20.3 Å². The Bertz CT molecular complexity index is 249. The van der Waals surface area contributed by atoms with Crippen LogP contribution < -0.4 is 5.32 Å². The van der Waals surface area contributed by atoms with Crippen LogP contribution in [0.2, 0.25) is 0 Å². The van der Waals surface area contributed by atoms with Gasteiger partial charge in [0.05, 0.1) is 0 Å². The summed E-state index contributed by atoms with van der Waals surface area (Å²) in [5, 5.41) is 2.59. The van der Waals surface area contributed by atoms with Gasteiger partial charge in [-0.3, -0.25) is 4.79 Å². The smallest absolute Gasteiger partial charge is 0.251 e. The zero-order valence-electron chi connectivity index (χ0n) is 8.55. The van der Waals surface area contributed by atoms with Gasteiger partial charge in [0.15, 0.2) is 0 Å². The molecule has 1 N–H and O–H groups in total. The number of amides is 1. The molecule has 0 unspecified atom stereocenters. The summed E-state index contributed by atoms with van der Waals surface area (Å²) in [5.41, 5.74) is 1.67. The molecule has 2 nitrogen and oxygen atoms in total. The lowest BCUT2D eigenvalue weighted by Gasteiger charge is -2.05. The van der Waals surface area contributed by atoms with Crippen LogP contribution in [0, 0.1) is 0 Å². The van der Waals surface area contributed by atoms with Gasteiger partial charge in [-0.1, -0.05) is 31.7 Å². The van der Waals surface area contributed by atoms with Gasteiger partial charge in [0, 0.05) is 12.6 Å². The second-order valence-corrected chi connectivity index (χ2v) is 2.58. The predicted molar refractivity (Wildman–Crippen MR) is 56.4 cm³/mol. The Morgan fingerprint density at radius 3 is 2.46 bits per heavy atom. The van der Waals surface area contributed by atoms with E-state index >= 15 is 0 Å². The first-order chi connectivity index (χ1) is 6.21. The van der Waals surface area contributed by atoms with Crippen molar-refractivity contribution in [3.05, 3.63) is 36.0 Å². The van der Waals surface area contributed by atoms with Crippen LogP contribution in [-0.4, -0.2) is 13.0 Å². The maximum atomic E-state index is 11.3. The van der Waals surface area contributed by atoms with E-state index in [4.69, 9.17) is 0 Å². The minimum absolute atomic E-state index is 0.0787. The van der Waals surface area contributed by atoms with Gasteiger partial charge in [0.1, 0.15) is 0 Å². The molecule has 0 aliphatic heterocycles. The average Bonchev–Trinajstić information content (AvgIpc) is 2.17. The number of likely N-dealkylation sites (N-methyl/N-ethyl adjacent to an activating group) is 1. The molecule has 0 bridgehead atoms. The first-order valence-corrected chi connectivity index (χ1v) is 4.41. The van der Waals surface area contributed by atoms with Gasteiger partial charge in [-0.25, -0.2) is 0 Å². The standard InChI is InChI=1S/C11H17NO/c1-5-8-9(6-2)10(7-3)11(13)12-4/h5,7-8H,3,6H2,1-2,4H3,(H,12,13)/b8-5-,10-9+. The highest BCUT2D eigenvalue weighted by Crippen LogP contribution is 2.11. The summed E-state index contributed by atoms with van der Waals surface area (Å²) in [5.74, 6) is -0.0787. The molecule has 0 aliphatic rings. The van der Waals surface area contributed by atoms with Crippen LogP contribution in [0.25, 0.3) is 0 Å². The molecule has 0 aromatic heterocycles. The van der Waals surface area contributed by atoms with E-state index in [1.807, 2.05) is 26.0 Å². The summed E-state index contributed by atoms with van der Waals surface area (Å²) >= 11 is 0. The van der Waals surface area contributed by atoms with Crippen LogP contribution in [0.5, 0.6) is 0 Å². The van der Waals surface area contributed by atoms with Crippen LogP contribution in [0.4, 0.5) is 0 Å². The molecule has 0 radical (unpaired) electrons. The fourth-order valence-corrected chi connectivity index (χ4v) is 1.10. The SMILES string of the molecule is C=C/C(C(=O)NC)=C(\C=C/C)CC. The molecule has 0 atom stereocenters. The van der Waals surface area contributed by atoms with Crippen molar-refractivity contribution in [1.29, 1.82) is 0 Å². The summed E-state index contributed by atoms with van der Waals surface area (Å²) in [7, 11) is 1.62. The second-order valence-electron chi connectivity index (χ2n) is 2.58. The number of hydrogen-bond acceptors (Lipinski definition) is 1. The van der Waals surface area contributed by atoms with E-state index in [-0.39, 0.29) is 5.91 Å². The first kappa shape index (κ1) is 11.7. The minimum Gasteiger partial charge on any atom is -0.355 e. The molecule has 0 aliphatic carbocycles. The molecule has 0 saturated carbocycles. The summed E-state index contributed by atoms with van der Waals surface area (Å²) < 4.78 is 0. The largest absolute Gasteiger partial charge is 0.355 e. The number of carbonyl (C=O) groups is 1. The predicted octanol–water partition coefficient (Wildman–Crippen LogP) is 2.20. The molecule has 0 saturated heterocycles. The molecular formula is C11H17NO. The summed E-state index contributed by atoms with van der Waals surface area (Å²) in [4.78, 5) is 11.3. The Hall–Kier alpha value is -1.31. The lowest BCUT2D eigenvalue weighted by atomic mass is 10.0. The third-order valence-electron chi connectivity index (χ3n) is 1.77. The van der Waals surface area contributed by atoms with E-state index < -0.39 is 0 Å². The normalized spacial score (nSPS) is 12.5. The molecule has 2 heteroatoms. The van der Waals surface area contributed by atoms with Crippen LogP contribution >= 0.6 is 0 Å². The zero-order valence-corrected chi connectivity index (χ0v) is 8.55. The van der Waals surface area contributed by atoms with Gasteiger partial charge in [-0.2, -0.15) is 0 Å². The molecule has 13 heavy (non-hydrogen) atoms. The highest BCUT2D eigenvalue weighted by molar-refractivity contribution is 5.97. The number of rotatable bonds is 4. The van der Waals surface area contributed by atoms with Crippen LogP contribution in [0.15, 0.2) is 36.0 Å². The van der Waals surface area contributed by atoms with E-state index in [2.05, 4.69) is 11.9 Å². The van der Waals surface area contributed by atoms with Crippen molar-refractivity contribution in [3.8, 4) is 0 Å². The number of hydrogen-bond donors (Lipinski definition) is 1. The van der Waals surface area contributed by atoms with Crippen molar-refractivity contribution in [2.75, 3.05) is 7.05 Å². The molecule has 0 aromatic carbocycles. The maximum absolute atomic E-state index is 11.3. The van der Waals surface area contributed by atoms with Crippen molar-refractivity contribution in [2.24, 2.45) is 0 Å². The monoisotopic (exact) mass is 179 g/mol. The Morgan fingerprint density at radius 1 is 1.54 bits per heavy atom. The summed E-state index contributed by atoms with van der Waals surface area (Å²) in [6.07, 6.45) is 6.29. The lowest BCUT2D eigenvalue weighted by molar-refractivity contribution is -0.116. The fraction of sp³-hybridized carbons (Fsp3) is 0.364. The fourth-order valence-electron chi connectivity index (χ4n) is 1.10. The quantitative estimate of drug-likeness (QED) is 0.520. The molecule has 0 spiro atoms. The lowest BCUT2D eigenvalue weighted by Crippen LogP contribution is -2.20. The maximum Gasteiger partial charge on any atom is 0.251 e. The first-order valence-electron chi connectivity index (χ1n) is 4.41. The zero-order chi connectivity index (χ0) is 10.3. The van der Waals surface area contributed by atoms with Gasteiger partial charge in [0.2, 0.25) is 0 Å². The Balaban J connectivity index is 5.04. The molecule has 0 aromatic rings. The van der Waals surface area contributed by atoms with Gasteiger partial charge in [-0.15, -0.1) is 0 Å². The van der Waals surface area contributed by atoms with Gasteiger partial charge in [0.25, 0.3) is 5.91 Å². The van der Waals surface area contributed by atoms with Crippen LogP contribution in [-0.2, 0) is 4.79 Å². The van der Waals surface area contributed by atoms with E-state index in [0.717, 1.165) is 12.0 Å². The Kier molecular flexibility index (Phi) is 5.60. The van der Waals surface area contributed by atoms with Crippen molar-refractivity contribution >= 4 is 5.91 Å². The Morgan fingerprint density at radius 2 is 2.15 bits per heavy atom. The Labute approximate surface area is 80.0 Å². The van der Waals surface area contributed by atoms with Crippen molar-refractivity contribution in [2.45, 2.75) is 20.3 Å². The summed E-state index contributed by atoms with van der Waals surface area (Å²) in [6.45, 7) is 7.57. The highest BCUT2D eigenvalue weighted by Gasteiger charge is 2.06. The molecule has 1 amide bonds. The summed E-state index contributed by atoms with van der Waals surface area (Å²) in [6, 6.07) is 0. The molecule has 0 heterocycles. The van der Waals surface area contributed by atoms with E-state index in [0.29, 0.717) is 5.57 Å². The van der Waals surface area contributed by atoms with E-state index in [1.54, 1.807) is 13.1 Å². The van der Waals surface area contributed by atoms with Crippen molar-refractivity contribution < 1.29 is 4.79 Å². The van der Waals surface area contributed by atoms with Crippen molar-refractivity contribution in [3.63, 3.8) is 0 Å². The van der Waals surface area contributed by atoms with Gasteiger partial charge in [-0.05, 0) is 18.9 Å². The topological polar surface area (TPSA) is 29.1 Å². The third kappa shape index (κ3) is 3.28. The number of allylic oxidation sites excluding steroid dienone is 3. The number of carbonyl (C=O) groups excluding carboxylic acids is 1. The van der Waals surface area contributed by atoms with Crippen LogP contribution in [0.3, 0.4) is 0 Å². The molecule has 72 valence electrons. The number of nitrogens with one attached hydrogen (secondary N) is 1. The second kappa shape index (κ2) is 6.23. The van der Waals surface area contributed by atoms with E-state index in [1.165, 1.54) is 0 Å². The highest BCUT2D eigenvalue weighted by atomic mass is 16.1. The average molecular weight is 179 g/mol. The van der Waals surface area contributed by atoms with Gasteiger partial charge < -0.3 is 5.32 Å². The molecule has 0 fully saturated rings. The van der Waals surface area contributed by atoms with Crippen molar-refractivity contribution in [1.82, 2.24) is 5.32 Å². The molecular weight excluding hydrogens is 162 g/mol. The van der Waals surface area contributed by atoms with Gasteiger partial charge >= 0.3 is 0 Å².